The van der Waals surface area contributed by atoms with Crippen LogP contribution < -0.4 is 10.6 Å². The summed E-state index contributed by atoms with van der Waals surface area (Å²) in [6.45, 7) is 2.87. The van der Waals surface area contributed by atoms with Crippen LogP contribution in [0.2, 0.25) is 0 Å². The molecule has 8 heteroatoms. The van der Waals surface area contributed by atoms with E-state index in [0.717, 1.165) is 18.4 Å². The van der Waals surface area contributed by atoms with Gasteiger partial charge in [0.2, 0.25) is 5.91 Å². The molecule has 1 aliphatic rings. The number of rotatable bonds is 4. The van der Waals surface area contributed by atoms with Crippen LogP contribution in [0.4, 0.5) is 10.5 Å². The van der Waals surface area contributed by atoms with Gasteiger partial charge in [-0.15, -0.1) is 0 Å². The molecule has 1 unspecified atom stereocenters. The summed E-state index contributed by atoms with van der Waals surface area (Å²) in [4.78, 5) is 25.0. The number of carbonyl (C=O) groups excluding carboxylic acids is 2. The summed E-state index contributed by atoms with van der Waals surface area (Å²) >= 11 is -1.87. The van der Waals surface area contributed by atoms with Crippen molar-refractivity contribution in [3.8, 4) is 0 Å². The van der Waals surface area contributed by atoms with Crippen molar-refractivity contribution in [2.75, 3.05) is 18.4 Å². The molecule has 0 aromatic heterocycles. The molecule has 126 valence electrons. The molecule has 1 fully saturated rings. The Morgan fingerprint density at radius 1 is 1.26 bits per heavy atom. The second-order valence-electron chi connectivity index (χ2n) is 5.54. The van der Waals surface area contributed by atoms with Gasteiger partial charge in [-0.3, -0.25) is 4.79 Å². The summed E-state index contributed by atoms with van der Waals surface area (Å²) in [6, 6.07) is 6.57. The Morgan fingerprint density at radius 3 is 2.39 bits per heavy atom. The highest BCUT2D eigenvalue weighted by molar-refractivity contribution is 7.78. The van der Waals surface area contributed by atoms with Crippen LogP contribution in [0.15, 0.2) is 24.3 Å². The normalized spacial score (nSPS) is 16.7. The van der Waals surface area contributed by atoms with Gasteiger partial charge in [0.15, 0.2) is 11.1 Å². The lowest BCUT2D eigenvalue weighted by molar-refractivity contribution is -0.129. The number of nitrogens with one attached hydrogen (secondary N) is 2. The van der Waals surface area contributed by atoms with Gasteiger partial charge >= 0.3 is 6.03 Å². The van der Waals surface area contributed by atoms with Crippen molar-refractivity contribution in [2.45, 2.75) is 31.6 Å². The first-order chi connectivity index (χ1) is 10.9. The van der Waals surface area contributed by atoms with E-state index < -0.39 is 11.1 Å². The van der Waals surface area contributed by atoms with Crippen LogP contribution in [-0.2, 0) is 21.6 Å². The fraction of sp³-hybridized carbons (Fsp3) is 0.467. The van der Waals surface area contributed by atoms with E-state index in [1.54, 1.807) is 36.1 Å². The van der Waals surface area contributed by atoms with Gasteiger partial charge in [-0.05, 0) is 30.5 Å². The lowest BCUT2D eigenvalue weighted by atomic mass is 10.1. The largest absolute Gasteiger partial charge is 0.343 e. The van der Waals surface area contributed by atoms with Crippen molar-refractivity contribution in [3.05, 3.63) is 29.8 Å². The SMILES string of the molecule is CC(=O)N1CCC(NC(=O)Nc2ccc(CS(=O)O)cc2)CC1. The Labute approximate surface area is 137 Å². The predicted molar refractivity (Wildman–Crippen MR) is 88.3 cm³/mol. The van der Waals surface area contributed by atoms with E-state index in [1.165, 1.54) is 0 Å². The smallest absolute Gasteiger partial charge is 0.319 e. The fourth-order valence-corrected chi connectivity index (χ4v) is 3.00. The molecule has 0 bridgehead atoms. The topological polar surface area (TPSA) is 98.7 Å². The highest BCUT2D eigenvalue weighted by atomic mass is 32.2. The zero-order valence-corrected chi connectivity index (χ0v) is 13.8. The number of carbonyl (C=O) groups is 2. The van der Waals surface area contributed by atoms with Crippen molar-refractivity contribution in [1.82, 2.24) is 10.2 Å². The van der Waals surface area contributed by atoms with E-state index in [4.69, 9.17) is 4.55 Å². The number of hydrogen-bond acceptors (Lipinski definition) is 3. The fourth-order valence-electron chi connectivity index (χ4n) is 2.52. The average Bonchev–Trinajstić information content (AvgIpc) is 2.49. The van der Waals surface area contributed by atoms with E-state index >= 15 is 0 Å². The van der Waals surface area contributed by atoms with Crippen molar-refractivity contribution in [3.63, 3.8) is 0 Å². The summed E-state index contributed by atoms with van der Waals surface area (Å²) in [7, 11) is 0. The summed E-state index contributed by atoms with van der Waals surface area (Å²) in [5.74, 6) is 0.137. The summed E-state index contributed by atoms with van der Waals surface area (Å²) < 4.78 is 19.5. The van der Waals surface area contributed by atoms with Gasteiger partial charge in [0.05, 0.1) is 5.75 Å². The standard InChI is InChI=1S/C15H21N3O4S/c1-11(19)18-8-6-14(7-9-18)17-15(20)16-13-4-2-12(3-5-13)10-23(21)22/h2-5,14H,6-10H2,1H3,(H,21,22)(H2,16,17,20). The molecule has 0 aliphatic carbocycles. The Balaban J connectivity index is 1.79. The summed E-state index contributed by atoms with van der Waals surface area (Å²) in [5.41, 5.74) is 1.35. The molecular formula is C15H21N3O4S. The van der Waals surface area contributed by atoms with Gasteiger partial charge < -0.3 is 20.1 Å². The van der Waals surface area contributed by atoms with Crippen molar-refractivity contribution in [2.24, 2.45) is 0 Å². The number of anilines is 1. The van der Waals surface area contributed by atoms with Crippen molar-refractivity contribution < 1.29 is 18.4 Å². The third-order valence-corrected chi connectivity index (χ3v) is 4.36. The molecule has 1 aromatic carbocycles. The monoisotopic (exact) mass is 339 g/mol. The molecule has 1 atom stereocenters. The Kier molecular flexibility index (Phi) is 6.12. The molecule has 0 saturated carbocycles. The number of amides is 3. The highest BCUT2D eigenvalue weighted by Crippen LogP contribution is 2.13. The molecule has 1 heterocycles. The molecule has 3 N–H and O–H groups in total. The average molecular weight is 339 g/mol. The van der Waals surface area contributed by atoms with E-state index in [0.29, 0.717) is 18.8 Å². The minimum atomic E-state index is -1.87. The number of piperidine rings is 1. The van der Waals surface area contributed by atoms with Crippen LogP contribution in [0.3, 0.4) is 0 Å². The number of urea groups is 1. The van der Waals surface area contributed by atoms with Crippen LogP contribution in [-0.4, -0.2) is 44.7 Å². The van der Waals surface area contributed by atoms with Gasteiger partial charge in [-0.1, -0.05) is 12.1 Å². The van der Waals surface area contributed by atoms with Crippen LogP contribution in [0.1, 0.15) is 25.3 Å². The zero-order valence-electron chi connectivity index (χ0n) is 12.9. The van der Waals surface area contributed by atoms with Crippen LogP contribution in [0, 0.1) is 0 Å². The van der Waals surface area contributed by atoms with Gasteiger partial charge in [-0.2, -0.15) is 0 Å². The molecule has 1 saturated heterocycles. The second-order valence-corrected chi connectivity index (χ2v) is 6.47. The minimum absolute atomic E-state index is 0.0571. The minimum Gasteiger partial charge on any atom is -0.343 e. The maximum absolute atomic E-state index is 12.0. The molecule has 1 aromatic rings. The van der Waals surface area contributed by atoms with Gasteiger partial charge in [0.1, 0.15) is 0 Å². The summed E-state index contributed by atoms with van der Waals surface area (Å²) in [6.07, 6.45) is 1.49. The van der Waals surface area contributed by atoms with E-state index in [-0.39, 0.29) is 23.7 Å². The third-order valence-electron chi connectivity index (χ3n) is 3.78. The number of hydrogen-bond donors (Lipinski definition) is 3. The van der Waals surface area contributed by atoms with Crippen molar-refractivity contribution >= 4 is 28.7 Å². The highest BCUT2D eigenvalue weighted by Gasteiger charge is 2.21. The molecule has 1 aliphatic heterocycles. The first-order valence-electron chi connectivity index (χ1n) is 7.43. The quantitative estimate of drug-likeness (QED) is 0.725. The molecule has 7 nitrogen and oxygen atoms in total. The lowest BCUT2D eigenvalue weighted by Crippen LogP contribution is -2.47. The lowest BCUT2D eigenvalue weighted by Gasteiger charge is -2.31. The molecule has 0 radical (unpaired) electrons. The van der Waals surface area contributed by atoms with Crippen molar-refractivity contribution in [1.29, 1.82) is 0 Å². The number of benzene rings is 1. The first-order valence-corrected chi connectivity index (χ1v) is 8.71. The van der Waals surface area contributed by atoms with E-state index in [1.807, 2.05) is 0 Å². The Hall–Kier alpha value is -1.93. The van der Waals surface area contributed by atoms with E-state index in [9.17, 15) is 13.8 Å². The zero-order chi connectivity index (χ0) is 16.8. The third kappa shape index (κ3) is 5.65. The van der Waals surface area contributed by atoms with Crippen LogP contribution in [0.25, 0.3) is 0 Å². The predicted octanol–water partition coefficient (Wildman–Crippen LogP) is 1.54. The molecule has 0 spiro atoms. The summed E-state index contributed by atoms with van der Waals surface area (Å²) in [5, 5.41) is 5.63. The van der Waals surface area contributed by atoms with Crippen LogP contribution in [0.5, 0.6) is 0 Å². The van der Waals surface area contributed by atoms with Gasteiger partial charge in [-0.25, -0.2) is 9.00 Å². The Bertz CT molecular complexity index is 583. The second kappa shape index (κ2) is 8.07. The van der Waals surface area contributed by atoms with Gasteiger partial charge in [0.25, 0.3) is 0 Å². The maximum Gasteiger partial charge on any atom is 0.319 e. The molecule has 23 heavy (non-hydrogen) atoms. The molecule has 3 amide bonds. The Morgan fingerprint density at radius 2 is 1.87 bits per heavy atom. The number of nitrogens with zero attached hydrogens (tertiary/aromatic N) is 1. The van der Waals surface area contributed by atoms with E-state index in [2.05, 4.69) is 10.6 Å². The maximum atomic E-state index is 12.0. The van der Waals surface area contributed by atoms with Gasteiger partial charge in [0, 0.05) is 31.7 Å². The number of likely N-dealkylation sites (tertiary alicyclic amines) is 1. The molecule has 2 rings (SSSR count). The molecular weight excluding hydrogens is 318 g/mol. The first kappa shape index (κ1) is 17.4. The van der Waals surface area contributed by atoms with Crippen LogP contribution >= 0.6 is 0 Å².